The van der Waals surface area contributed by atoms with E-state index in [1.165, 1.54) is 4.80 Å². The van der Waals surface area contributed by atoms with Gasteiger partial charge in [0.1, 0.15) is 5.69 Å². The Kier molecular flexibility index (Phi) is 4.90. The van der Waals surface area contributed by atoms with Gasteiger partial charge < -0.3 is 15.2 Å². The van der Waals surface area contributed by atoms with Crippen LogP contribution in [0.4, 0.5) is 0 Å². The predicted molar refractivity (Wildman–Crippen MR) is 83.6 cm³/mol. The minimum Gasteiger partial charge on any atom is -0.390 e. The number of nitrogens with one attached hydrogen (secondary N) is 1. The molecule has 0 spiro atoms. The first-order chi connectivity index (χ1) is 11.2. The highest BCUT2D eigenvalue weighted by molar-refractivity contribution is 6.30. The molecule has 1 atom stereocenters. The van der Waals surface area contributed by atoms with Crippen LogP contribution < -0.4 is 5.32 Å². The van der Waals surface area contributed by atoms with E-state index < -0.39 is 0 Å². The van der Waals surface area contributed by atoms with E-state index in [0.717, 1.165) is 19.4 Å². The van der Waals surface area contributed by atoms with Crippen LogP contribution >= 0.6 is 11.6 Å². The van der Waals surface area contributed by atoms with Crippen molar-refractivity contribution in [2.75, 3.05) is 13.2 Å². The average Bonchev–Trinajstić information content (AvgIpc) is 3.22. The second kappa shape index (κ2) is 7.08. The van der Waals surface area contributed by atoms with Crippen LogP contribution in [0.15, 0.2) is 24.3 Å². The zero-order valence-corrected chi connectivity index (χ0v) is 13.2. The third-order valence-corrected chi connectivity index (χ3v) is 3.87. The number of nitrogens with zero attached hydrogens (tertiary/aromatic N) is 3. The number of halogens is 1. The number of hydrogen-bond donors (Lipinski definition) is 2. The molecule has 3 rings (SSSR count). The molecule has 0 radical (unpaired) electrons. The summed E-state index contributed by atoms with van der Waals surface area (Å²) in [6, 6.07) is 6.88. The number of carbonyl (C=O) groups is 1. The van der Waals surface area contributed by atoms with Crippen molar-refractivity contribution in [1.29, 1.82) is 0 Å². The molecule has 1 aromatic heterocycles. The van der Waals surface area contributed by atoms with E-state index in [1.54, 1.807) is 24.3 Å². The molecule has 1 aromatic carbocycles. The summed E-state index contributed by atoms with van der Waals surface area (Å²) in [6.07, 6.45) is 1.99. The molecule has 0 bridgehead atoms. The largest absolute Gasteiger partial charge is 0.390 e. The zero-order valence-electron chi connectivity index (χ0n) is 12.4. The topological polar surface area (TPSA) is 89.3 Å². The summed E-state index contributed by atoms with van der Waals surface area (Å²) in [6.45, 7) is 0.795. The van der Waals surface area contributed by atoms with Crippen molar-refractivity contribution < 1.29 is 14.6 Å². The third-order valence-electron chi connectivity index (χ3n) is 3.62. The number of aromatic nitrogens is 3. The summed E-state index contributed by atoms with van der Waals surface area (Å²) in [5.74, 6) is -0.371. The molecule has 0 saturated carbocycles. The molecule has 122 valence electrons. The van der Waals surface area contributed by atoms with Crippen LogP contribution in [0.1, 0.15) is 29.0 Å². The van der Waals surface area contributed by atoms with Gasteiger partial charge in [-0.2, -0.15) is 4.80 Å². The first-order valence-corrected chi connectivity index (χ1v) is 7.78. The van der Waals surface area contributed by atoms with E-state index in [4.69, 9.17) is 16.3 Å². The minimum atomic E-state index is -0.371. The van der Waals surface area contributed by atoms with Gasteiger partial charge in [-0.25, -0.2) is 0 Å². The third kappa shape index (κ3) is 3.69. The highest BCUT2D eigenvalue weighted by Crippen LogP contribution is 2.14. The zero-order chi connectivity index (χ0) is 16.2. The van der Waals surface area contributed by atoms with Gasteiger partial charge in [0.25, 0.3) is 5.91 Å². The molecule has 0 aliphatic carbocycles. The van der Waals surface area contributed by atoms with Crippen LogP contribution in [0.5, 0.6) is 0 Å². The minimum absolute atomic E-state index is 0.0443. The lowest BCUT2D eigenvalue weighted by Crippen LogP contribution is -2.32. The van der Waals surface area contributed by atoms with Crippen LogP contribution in [0.25, 0.3) is 5.69 Å². The lowest BCUT2D eigenvalue weighted by Gasteiger charge is -2.09. The number of ether oxygens (including phenoxy) is 1. The molecule has 23 heavy (non-hydrogen) atoms. The van der Waals surface area contributed by atoms with E-state index in [1.807, 2.05) is 0 Å². The average molecular weight is 337 g/mol. The molecule has 1 fully saturated rings. The fourth-order valence-electron chi connectivity index (χ4n) is 2.40. The molecule has 0 unspecified atom stereocenters. The first-order valence-electron chi connectivity index (χ1n) is 7.40. The Bertz CT molecular complexity index is 681. The molecular weight excluding hydrogens is 320 g/mol. The van der Waals surface area contributed by atoms with Gasteiger partial charge >= 0.3 is 0 Å². The summed E-state index contributed by atoms with van der Waals surface area (Å²) in [5.41, 5.74) is 0.993. The van der Waals surface area contributed by atoms with Crippen molar-refractivity contribution >= 4 is 17.5 Å². The standard InChI is InChI=1S/C15H17ClN4O3/c16-10-3-5-11(6-4-10)20-18-13(9-21)14(19-20)15(22)17-8-12-2-1-7-23-12/h3-6,12,21H,1-2,7-9H2,(H,17,22)/t12-/m1/s1. The van der Waals surface area contributed by atoms with E-state index in [-0.39, 0.29) is 30.0 Å². The maximum atomic E-state index is 12.3. The second-order valence-electron chi connectivity index (χ2n) is 5.26. The Hall–Kier alpha value is -1.96. The fourth-order valence-corrected chi connectivity index (χ4v) is 2.53. The van der Waals surface area contributed by atoms with E-state index in [2.05, 4.69) is 15.5 Å². The van der Waals surface area contributed by atoms with Crippen LogP contribution in [0, 0.1) is 0 Å². The molecule has 2 heterocycles. The van der Waals surface area contributed by atoms with Gasteiger partial charge in [-0.1, -0.05) is 11.6 Å². The fraction of sp³-hybridized carbons (Fsp3) is 0.400. The van der Waals surface area contributed by atoms with Gasteiger partial charge in [-0.05, 0) is 37.1 Å². The SMILES string of the molecule is O=C(NC[C@H]1CCCO1)c1nn(-c2ccc(Cl)cc2)nc1CO. The summed E-state index contributed by atoms with van der Waals surface area (Å²) < 4.78 is 5.46. The molecule has 1 aliphatic heterocycles. The number of benzene rings is 1. The second-order valence-corrected chi connectivity index (χ2v) is 5.70. The van der Waals surface area contributed by atoms with E-state index in [0.29, 0.717) is 17.3 Å². The number of carbonyl (C=O) groups excluding carboxylic acids is 1. The number of aliphatic hydroxyl groups excluding tert-OH is 1. The molecule has 2 N–H and O–H groups in total. The highest BCUT2D eigenvalue weighted by atomic mass is 35.5. The van der Waals surface area contributed by atoms with E-state index >= 15 is 0 Å². The van der Waals surface area contributed by atoms with Gasteiger partial charge in [0.15, 0.2) is 5.69 Å². The number of hydrogen-bond acceptors (Lipinski definition) is 5. The summed E-state index contributed by atoms with van der Waals surface area (Å²) >= 11 is 5.85. The Balaban J connectivity index is 1.75. The molecule has 1 saturated heterocycles. The predicted octanol–water partition coefficient (Wildman–Crippen LogP) is 1.32. The van der Waals surface area contributed by atoms with Crippen molar-refractivity contribution in [3.63, 3.8) is 0 Å². The number of aliphatic hydroxyl groups is 1. The monoisotopic (exact) mass is 336 g/mol. The molecular formula is C15H17ClN4O3. The summed E-state index contributed by atoms with van der Waals surface area (Å²) in [7, 11) is 0. The number of rotatable bonds is 5. The van der Waals surface area contributed by atoms with Gasteiger partial charge in [0.05, 0.1) is 18.4 Å². The Morgan fingerprint density at radius 1 is 1.39 bits per heavy atom. The lowest BCUT2D eigenvalue weighted by molar-refractivity contribution is 0.0851. The van der Waals surface area contributed by atoms with Crippen molar-refractivity contribution in [3.8, 4) is 5.69 Å². The van der Waals surface area contributed by atoms with Gasteiger partial charge in [-0.3, -0.25) is 4.79 Å². The van der Waals surface area contributed by atoms with Crippen molar-refractivity contribution in [2.45, 2.75) is 25.6 Å². The smallest absolute Gasteiger partial charge is 0.273 e. The van der Waals surface area contributed by atoms with Gasteiger partial charge in [0, 0.05) is 18.2 Å². The van der Waals surface area contributed by atoms with Crippen LogP contribution in [0.2, 0.25) is 5.02 Å². The molecule has 7 nitrogen and oxygen atoms in total. The maximum Gasteiger partial charge on any atom is 0.273 e. The maximum absolute atomic E-state index is 12.3. The van der Waals surface area contributed by atoms with Gasteiger partial charge in [0.2, 0.25) is 0 Å². The highest BCUT2D eigenvalue weighted by Gasteiger charge is 2.21. The Labute approximate surface area is 138 Å². The first kappa shape index (κ1) is 15.9. The molecule has 1 aliphatic rings. The Morgan fingerprint density at radius 3 is 2.83 bits per heavy atom. The number of amides is 1. The van der Waals surface area contributed by atoms with Crippen LogP contribution in [-0.4, -0.2) is 45.3 Å². The van der Waals surface area contributed by atoms with Crippen molar-refractivity contribution in [3.05, 3.63) is 40.7 Å². The van der Waals surface area contributed by atoms with Crippen LogP contribution in [0.3, 0.4) is 0 Å². The molecule has 8 heteroatoms. The molecule has 2 aromatic rings. The Morgan fingerprint density at radius 2 is 2.17 bits per heavy atom. The normalized spacial score (nSPS) is 17.4. The van der Waals surface area contributed by atoms with Gasteiger partial charge in [-0.15, -0.1) is 10.2 Å². The molecule has 1 amide bonds. The van der Waals surface area contributed by atoms with Crippen molar-refractivity contribution in [1.82, 2.24) is 20.3 Å². The van der Waals surface area contributed by atoms with Crippen LogP contribution in [-0.2, 0) is 11.3 Å². The van der Waals surface area contributed by atoms with E-state index in [9.17, 15) is 9.90 Å². The summed E-state index contributed by atoms with van der Waals surface area (Å²) in [4.78, 5) is 13.6. The lowest BCUT2D eigenvalue weighted by atomic mass is 10.2. The van der Waals surface area contributed by atoms with Crippen molar-refractivity contribution in [2.24, 2.45) is 0 Å². The quantitative estimate of drug-likeness (QED) is 0.859. The summed E-state index contributed by atoms with van der Waals surface area (Å²) in [5, 5.41) is 21.1.